The first kappa shape index (κ1) is 32.9. The minimum absolute atomic E-state index is 0.438. The Balaban J connectivity index is 1.55. The Kier molecular flexibility index (Phi) is 9.35. The summed E-state index contributed by atoms with van der Waals surface area (Å²) in [6.07, 6.45) is 0. The molecule has 8 rings (SSSR count). The lowest BCUT2D eigenvalue weighted by Gasteiger charge is -2.28. The molecule has 0 saturated carbocycles. The molecule has 1 aromatic heterocycles. The van der Waals surface area contributed by atoms with Gasteiger partial charge in [0.2, 0.25) is 0 Å². The number of hydrogen-bond donors (Lipinski definition) is 0. The summed E-state index contributed by atoms with van der Waals surface area (Å²) >= 11 is 7.71. The van der Waals surface area contributed by atoms with Crippen molar-refractivity contribution in [3.63, 3.8) is 0 Å². The van der Waals surface area contributed by atoms with Crippen molar-refractivity contribution >= 4 is 79.9 Å². The van der Waals surface area contributed by atoms with Gasteiger partial charge in [0.25, 0.3) is 0 Å². The second-order valence-electron chi connectivity index (χ2n) is 12.1. The average molecular weight is 714 g/mol. The van der Waals surface area contributed by atoms with E-state index in [0.29, 0.717) is 16.5 Å². The molecule has 0 aliphatic heterocycles. The molecule has 1 heterocycles. The zero-order valence-electron chi connectivity index (χ0n) is 27.7. The van der Waals surface area contributed by atoms with Crippen molar-refractivity contribution in [1.82, 2.24) is 4.98 Å². The van der Waals surface area contributed by atoms with Gasteiger partial charge < -0.3 is 0 Å². The number of nitrogens with zero attached hydrogens (tertiary/aromatic N) is 3. The fraction of sp³-hybridized carbons (Fsp3) is 0. The van der Waals surface area contributed by atoms with E-state index in [1.54, 1.807) is 0 Å². The van der Waals surface area contributed by atoms with Crippen LogP contribution in [0.4, 0.5) is 11.5 Å². The quantitative estimate of drug-likeness (QED) is 0.144. The van der Waals surface area contributed by atoms with Crippen LogP contribution in [0.25, 0.3) is 10.9 Å². The molecule has 0 saturated heterocycles. The highest BCUT2D eigenvalue weighted by atomic mass is 35.5. The van der Waals surface area contributed by atoms with Crippen LogP contribution in [0.2, 0.25) is 5.02 Å². The predicted molar refractivity (Wildman–Crippen MR) is 221 cm³/mol. The third-order valence-corrected chi connectivity index (χ3v) is 16.7. The molecular weight excluding hydrogens is 680 g/mol. The molecule has 3 nitrogen and oxygen atoms in total. The highest BCUT2D eigenvalue weighted by Crippen LogP contribution is 2.55. The Morgan fingerprint density at radius 2 is 0.647 bits per heavy atom. The van der Waals surface area contributed by atoms with E-state index < -0.39 is 14.1 Å². The Bertz CT molecular complexity index is 2320. The van der Waals surface area contributed by atoms with E-state index in [2.05, 4.69) is 170 Å². The zero-order valence-corrected chi connectivity index (χ0v) is 30.3. The van der Waals surface area contributed by atoms with E-state index in [1.807, 2.05) is 36.4 Å². The molecule has 0 atom stereocenters. The Labute approximate surface area is 304 Å². The highest BCUT2D eigenvalue weighted by molar-refractivity contribution is 7.88. The van der Waals surface area contributed by atoms with E-state index in [4.69, 9.17) is 26.1 Å². The Morgan fingerprint density at radius 1 is 0.353 bits per heavy atom. The molecule has 51 heavy (non-hydrogen) atoms. The third-order valence-electron chi connectivity index (χ3n) is 9.06. The molecule has 0 bridgehead atoms. The van der Waals surface area contributed by atoms with Crippen molar-refractivity contribution < 1.29 is 0 Å². The van der Waals surface area contributed by atoms with Crippen molar-refractivity contribution in [3.8, 4) is 0 Å². The number of benzene rings is 7. The van der Waals surface area contributed by atoms with E-state index in [-0.39, 0.29) is 0 Å². The van der Waals surface area contributed by atoms with Gasteiger partial charge in [0, 0.05) is 37.2 Å². The van der Waals surface area contributed by atoms with Gasteiger partial charge in [0.05, 0.1) is 25.3 Å². The van der Waals surface area contributed by atoms with Crippen LogP contribution in [-0.2, 0) is 0 Å². The number of pyridine rings is 1. The molecule has 0 unspecified atom stereocenters. The van der Waals surface area contributed by atoms with Crippen LogP contribution in [0, 0.1) is 0 Å². The maximum Gasteiger partial charge on any atom is 0.173 e. The zero-order chi connectivity index (χ0) is 34.5. The normalized spacial score (nSPS) is 11.6. The van der Waals surface area contributed by atoms with Gasteiger partial charge in [0.1, 0.15) is 5.02 Å². The monoisotopic (exact) mass is 713 g/mol. The van der Waals surface area contributed by atoms with E-state index in [0.717, 1.165) is 42.7 Å². The smallest absolute Gasteiger partial charge is 0.173 e. The standard InChI is InChI=1S/C45H34ClN3P2/c46-43-44(48-50(35-21-7-1-8-22-35,36-23-9-2-10-24-36)37-25-11-3-12-26-37)41-33-19-20-34-42(41)47-45(43)49-51(38-27-13-4-14-28-38,39-29-15-5-16-30-39)40-31-17-6-18-32-40/h1-34H. The summed E-state index contributed by atoms with van der Waals surface area (Å²) in [5.41, 5.74) is 1.48. The molecular formula is C45H34ClN3P2. The maximum atomic E-state index is 7.71. The molecule has 0 aliphatic carbocycles. The molecule has 0 fully saturated rings. The van der Waals surface area contributed by atoms with Gasteiger partial charge in [-0.2, -0.15) is 0 Å². The van der Waals surface area contributed by atoms with Crippen LogP contribution in [0.15, 0.2) is 216 Å². The number of aromatic nitrogens is 1. The molecule has 0 aliphatic rings. The van der Waals surface area contributed by atoms with E-state index in [9.17, 15) is 0 Å². The largest absolute Gasteiger partial charge is 0.251 e. The van der Waals surface area contributed by atoms with Crippen LogP contribution in [0.1, 0.15) is 0 Å². The number of hydrogen-bond acceptors (Lipinski definition) is 3. The molecule has 0 radical (unpaired) electrons. The van der Waals surface area contributed by atoms with Crippen LogP contribution in [0.5, 0.6) is 0 Å². The topological polar surface area (TPSA) is 37.6 Å². The first-order chi connectivity index (χ1) is 25.2. The van der Waals surface area contributed by atoms with Crippen LogP contribution in [0.3, 0.4) is 0 Å². The molecule has 246 valence electrons. The van der Waals surface area contributed by atoms with Crippen LogP contribution < -0.4 is 31.8 Å². The molecule has 6 heteroatoms. The summed E-state index contributed by atoms with van der Waals surface area (Å²) in [5.74, 6) is 0.478. The fourth-order valence-corrected chi connectivity index (χ4v) is 14.1. The summed E-state index contributed by atoms with van der Waals surface area (Å²) in [6.45, 7) is 0. The van der Waals surface area contributed by atoms with E-state index in [1.165, 1.54) is 0 Å². The lowest BCUT2D eigenvalue weighted by atomic mass is 10.2. The molecule has 8 aromatic rings. The Morgan fingerprint density at radius 3 is 1.00 bits per heavy atom. The first-order valence-electron chi connectivity index (χ1n) is 16.9. The number of rotatable bonds is 8. The first-order valence-corrected chi connectivity index (χ1v) is 20.7. The third kappa shape index (κ3) is 6.09. The van der Waals surface area contributed by atoms with Gasteiger partial charge in [0.15, 0.2) is 5.82 Å². The maximum absolute atomic E-state index is 7.71. The van der Waals surface area contributed by atoms with Gasteiger partial charge in [-0.15, -0.1) is 0 Å². The van der Waals surface area contributed by atoms with E-state index >= 15 is 0 Å². The number of halogens is 1. The summed E-state index contributed by atoms with van der Waals surface area (Å²) in [5, 5.41) is 8.09. The van der Waals surface area contributed by atoms with Crippen LogP contribution in [-0.4, -0.2) is 4.98 Å². The van der Waals surface area contributed by atoms with Crippen molar-refractivity contribution in [2.45, 2.75) is 0 Å². The number of para-hydroxylation sites is 1. The minimum Gasteiger partial charge on any atom is -0.251 e. The lowest BCUT2D eigenvalue weighted by Crippen LogP contribution is -2.25. The summed E-state index contributed by atoms with van der Waals surface area (Å²) in [4.78, 5) is 5.23. The molecule has 0 spiro atoms. The van der Waals surface area contributed by atoms with Crippen molar-refractivity contribution in [1.29, 1.82) is 0 Å². The Hall–Kier alpha value is -5.30. The highest BCUT2D eigenvalue weighted by Gasteiger charge is 2.31. The van der Waals surface area contributed by atoms with Crippen molar-refractivity contribution in [3.05, 3.63) is 211 Å². The van der Waals surface area contributed by atoms with Crippen molar-refractivity contribution in [2.75, 3.05) is 0 Å². The van der Waals surface area contributed by atoms with Gasteiger partial charge >= 0.3 is 0 Å². The predicted octanol–water partition coefficient (Wildman–Crippen LogP) is 10.5. The summed E-state index contributed by atoms with van der Waals surface area (Å²) < 4.78 is 11.7. The molecule has 0 amide bonds. The van der Waals surface area contributed by atoms with Gasteiger partial charge in [-0.1, -0.05) is 212 Å². The second-order valence-corrected chi connectivity index (χ2v) is 18.5. The summed E-state index contributed by atoms with van der Waals surface area (Å²) in [6, 6.07) is 71.7. The van der Waals surface area contributed by atoms with Crippen LogP contribution >= 0.6 is 25.7 Å². The number of fused-ring (bicyclic) bond motifs is 1. The van der Waals surface area contributed by atoms with Gasteiger partial charge in [-0.05, 0) is 6.07 Å². The molecule has 7 aromatic carbocycles. The van der Waals surface area contributed by atoms with Gasteiger partial charge in [-0.3, -0.25) is 4.74 Å². The second kappa shape index (κ2) is 14.5. The molecule has 0 N–H and O–H groups in total. The fourth-order valence-electron chi connectivity index (χ4n) is 6.72. The van der Waals surface area contributed by atoms with Gasteiger partial charge in [-0.25, -0.2) is 9.73 Å². The van der Waals surface area contributed by atoms with Crippen molar-refractivity contribution in [2.24, 2.45) is 9.49 Å². The average Bonchev–Trinajstić information content (AvgIpc) is 3.22. The SMILES string of the molecule is Clc1c(N=P(c2ccccc2)(c2ccccc2)c2ccccc2)nc2ccccc2c1N=P(c1ccccc1)(c1ccccc1)c1ccccc1. The summed E-state index contributed by atoms with van der Waals surface area (Å²) in [7, 11) is -5.35. The lowest BCUT2D eigenvalue weighted by molar-refractivity contribution is 1.34. The minimum atomic E-state index is -2.68.